The van der Waals surface area contributed by atoms with E-state index in [2.05, 4.69) is 13.8 Å². The quantitative estimate of drug-likeness (QED) is 0.350. The first-order valence-electron chi connectivity index (χ1n) is 13.0. The monoisotopic (exact) mass is 456 g/mol. The Bertz CT molecular complexity index is 589. The van der Waals surface area contributed by atoms with Crippen molar-refractivity contribution >= 4 is 0 Å². The molecule has 3 heterocycles. The molecule has 188 valence electrons. The third kappa shape index (κ3) is 7.13. The van der Waals surface area contributed by atoms with Gasteiger partial charge in [0.1, 0.15) is 0 Å². The zero-order valence-corrected chi connectivity index (χ0v) is 21.8. The summed E-state index contributed by atoms with van der Waals surface area (Å²) in [6, 6.07) is 0. The van der Waals surface area contributed by atoms with E-state index in [9.17, 15) is 0 Å². The van der Waals surface area contributed by atoms with Gasteiger partial charge >= 0.3 is 0 Å². The van der Waals surface area contributed by atoms with Gasteiger partial charge in [0.25, 0.3) is 0 Å². The van der Waals surface area contributed by atoms with Gasteiger partial charge in [-0.05, 0) is 54.4 Å². The second-order valence-corrected chi connectivity index (χ2v) is 11.2. The van der Waals surface area contributed by atoms with E-state index in [-0.39, 0.29) is 36.6 Å². The third-order valence-electron chi connectivity index (χ3n) is 6.78. The van der Waals surface area contributed by atoms with Crippen LogP contribution in [0.25, 0.3) is 0 Å². The van der Waals surface area contributed by atoms with Crippen molar-refractivity contribution in [1.82, 2.24) is 0 Å². The van der Waals surface area contributed by atoms with Crippen LogP contribution in [0.2, 0.25) is 0 Å². The van der Waals surface area contributed by atoms with E-state index in [0.29, 0.717) is 0 Å². The molecule has 3 rings (SSSR count). The fourth-order valence-electron chi connectivity index (χ4n) is 5.52. The second kappa shape index (κ2) is 10.6. The molecule has 6 unspecified atom stereocenters. The minimum Gasteiger partial charge on any atom is -0.345 e. The van der Waals surface area contributed by atoms with Crippen LogP contribution in [0.3, 0.4) is 0 Å². The van der Waals surface area contributed by atoms with Crippen LogP contribution in [0.5, 0.6) is 0 Å². The van der Waals surface area contributed by atoms with Crippen molar-refractivity contribution in [3.05, 3.63) is 0 Å². The summed E-state index contributed by atoms with van der Waals surface area (Å²) in [6.45, 7) is 16.4. The Morgan fingerprint density at radius 1 is 0.469 bits per heavy atom. The first-order valence-corrected chi connectivity index (χ1v) is 13.0. The fraction of sp³-hybridized carbons (Fsp3) is 1.00. The van der Waals surface area contributed by atoms with Crippen molar-refractivity contribution in [3.63, 3.8) is 0 Å². The Morgan fingerprint density at radius 3 is 1.31 bits per heavy atom. The molecule has 3 saturated heterocycles. The maximum atomic E-state index is 6.37. The first kappa shape index (κ1) is 26.4. The smallest absolute Gasteiger partial charge is 0.163 e. The van der Waals surface area contributed by atoms with Crippen LogP contribution in [-0.2, 0) is 28.4 Å². The highest BCUT2D eigenvalue weighted by molar-refractivity contribution is 4.93. The molecule has 0 aromatic heterocycles. The fourth-order valence-corrected chi connectivity index (χ4v) is 5.52. The summed E-state index contributed by atoms with van der Waals surface area (Å²) in [4.78, 5) is 0. The molecule has 32 heavy (non-hydrogen) atoms. The summed E-state index contributed by atoms with van der Waals surface area (Å²) < 4.78 is 37.7. The van der Waals surface area contributed by atoms with Gasteiger partial charge in [0.15, 0.2) is 17.4 Å². The van der Waals surface area contributed by atoms with E-state index in [0.717, 1.165) is 25.7 Å². The Balaban J connectivity index is 1.62. The summed E-state index contributed by atoms with van der Waals surface area (Å²) >= 11 is 0. The zero-order chi connectivity index (χ0) is 23.6. The highest BCUT2D eigenvalue weighted by Gasteiger charge is 2.50. The van der Waals surface area contributed by atoms with Gasteiger partial charge in [0, 0.05) is 12.8 Å². The lowest BCUT2D eigenvalue weighted by molar-refractivity contribution is -0.159. The predicted octanol–water partition coefficient (Wildman–Crippen LogP) is 6.10. The molecule has 3 aliphatic rings. The molecule has 0 aromatic carbocycles. The molecule has 6 nitrogen and oxygen atoms in total. The van der Waals surface area contributed by atoms with Gasteiger partial charge in [0.2, 0.25) is 0 Å². The Labute approximate surface area is 196 Å². The highest BCUT2D eigenvalue weighted by Crippen LogP contribution is 2.41. The van der Waals surface area contributed by atoms with Crippen molar-refractivity contribution in [2.75, 3.05) is 0 Å². The number of rotatable bonds is 11. The Kier molecular flexibility index (Phi) is 8.71. The molecular formula is C26H48O6. The molecule has 0 aliphatic carbocycles. The summed E-state index contributed by atoms with van der Waals surface area (Å²) in [7, 11) is 0. The molecule has 0 amide bonds. The summed E-state index contributed by atoms with van der Waals surface area (Å²) in [5, 5.41) is 0. The maximum Gasteiger partial charge on any atom is 0.163 e. The lowest BCUT2D eigenvalue weighted by Crippen LogP contribution is -2.36. The van der Waals surface area contributed by atoms with Crippen molar-refractivity contribution in [1.29, 1.82) is 0 Å². The van der Waals surface area contributed by atoms with Crippen LogP contribution in [0.4, 0.5) is 0 Å². The minimum absolute atomic E-state index is 0.00606. The molecule has 6 heteroatoms. The van der Waals surface area contributed by atoms with E-state index >= 15 is 0 Å². The minimum atomic E-state index is -0.614. The van der Waals surface area contributed by atoms with Crippen LogP contribution < -0.4 is 0 Å². The molecule has 0 radical (unpaired) electrons. The van der Waals surface area contributed by atoms with Crippen LogP contribution in [0, 0.1) is 0 Å². The molecule has 3 aliphatic heterocycles. The summed E-state index contributed by atoms with van der Waals surface area (Å²) in [5.74, 6) is -1.72. The largest absolute Gasteiger partial charge is 0.345 e. The Morgan fingerprint density at radius 2 is 0.844 bits per heavy atom. The third-order valence-corrected chi connectivity index (χ3v) is 6.78. The molecular weight excluding hydrogens is 408 g/mol. The van der Waals surface area contributed by atoms with Gasteiger partial charge in [-0.25, -0.2) is 0 Å². The maximum absolute atomic E-state index is 6.37. The van der Waals surface area contributed by atoms with E-state index < -0.39 is 17.4 Å². The number of unbranched alkanes of at least 4 members (excludes halogenated alkanes) is 4. The van der Waals surface area contributed by atoms with Crippen LogP contribution in [0.1, 0.15) is 113 Å². The molecule has 0 aromatic rings. The van der Waals surface area contributed by atoms with Crippen LogP contribution >= 0.6 is 0 Å². The lowest BCUT2D eigenvalue weighted by Gasteiger charge is -2.25. The number of hydrogen-bond donors (Lipinski definition) is 0. The van der Waals surface area contributed by atoms with Gasteiger partial charge in [0.05, 0.1) is 36.6 Å². The second-order valence-electron chi connectivity index (χ2n) is 11.2. The van der Waals surface area contributed by atoms with Crippen LogP contribution in [0.15, 0.2) is 0 Å². The summed E-state index contributed by atoms with van der Waals surface area (Å²) in [5.41, 5.74) is 0. The van der Waals surface area contributed by atoms with E-state index in [1.165, 1.54) is 32.1 Å². The molecule has 0 spiro atoms. The summed E-state index contributed by atoms with van der Waals surface area (Å²) in [6.07, 6.45) is 9.88. The molecule has 6 atom stereocenters. The van der Waals surface area contributed by atoms with E-state index in [1.54, 1.807) is 0 Å². The van der Waals surface area contributed by atoms with Gasteiger partial charge in [-0.1, -0.05) is 46.0 Å². The van der Waals surface area contributed by atoms with Gasteiger partial charge < -0.3 is 28.4 Å². The highest BCUT2D eigenvalue weighted by atomic mass is 16.8. The SMILES string of the molecule is CCCCCCCC1OC(C)(C)OC1CC1OC(C)(C)OC1CC1OC(C)(C)OC1CC. The molecule has 3 fully saturated rings. The Hall–Kier alpha value is -0.240. The lowest BCUT2D eigenvalue weighted by atomic mass is 9.95. The zero-order valence-electron chi connectivity index (χ0n) is 21.8. The number of ether oxygens (including phenoxy) is 6. The standard InChI is InChI=1S/C26H48O6/c1-9-11-12-13-14-15-19-21(30-25(5,6)28-19)17-23-22(31-26(7,8)32-23)16-20-18(10-2)27-24(3,4)29-20/h18-23H,9-17H2,1-8H3. The van der Waals surface area contributed by atoms with E-state index in [4.69, 9.17) is 28.4 Å². The first-order chi connectivity index (χ1) is 14.9. The molecule has 0 bridgehead atoms. The topological polar surface area (TPSA) is 55.4 Å². The van der Waals surface area contributed by atoms with Gasteiger partial charge in [-0.15, -0.1) is 0 Å². The molecule has 0 saturated carbocycles. The van der Waals surface area contributed by atoms with Crippen molar-refractivity contribution in [3.8, 4) is 0 Å². The average molecular weight is 457 g/mol. The van der Waals surface area contributed by atoms with E-state index in [1.807, 2.05) is 41.5 Å². The van der Waals surface area contributed by atoms with Crippen molar-refractivity contribution in [2.24, 2.45) is 0 Å². The van der Waals surface area contributed by atoms with Gasteiger partial charge in [-0.3, -0.25) is 0 Å². The van der Waals surface area contributed by atoms with Crippen LogP contribution in [-0.4, -0.2) is 54.0 Å². The number of hydrogen-bond acceptors (Lipinski definition) is 6. The predicted molar refractivity (Wildman–Crippen MR) is 124 cm³/mol. The van der Waals surface area contributed by atoms with Crippen molar-refractivity contribution in [2.45, 2.75) is 167 Å². The average Bonchev–Trinajstić information content (AvgIpc) is 3.24. The molecule has 0 N–H and O–H groups in total. The normalized spacial score (nSPS) is 37.9. The van der Waals surface area contributed by atoms with Crippen molar-refractivity contribution < 1.29 is 28.4 Å². The van der Waals surface area contributed by atoms with Gasteiger partial charge in [-0.2, -0.15) is 0 Å².